The molecule has 2 aliphatic carbocycles. The molecule has 0 bridgehead atoms. The smallest absolute Gasteiger partial charge is 0.341 e. The first kappa shape index (κ1) is 8.72. The number of esters is 1. The Kier molecular flexibility index (Phi) is 1.56. The Hall–Kier alpha value is -0.570. The van der Waals surface area contributed by atoms with Crippen LogP contribution in [-0.4, -0.2) is 23.3 Å². The molecule has 1 aliphatic heterocycles. The van der Waals surface area contributed by atoms with Crippen molar-refractivity contribution in [1.82, 2.24) is 0 Å². The van der Waals surface area contributed by atoms with Crippen molar-refractivity contribution in [3.05, 3.63) is 0 Å². The van der Waals surface area contributed by atoms with E-state index in [1.165, 1.54) is 6.42 Å². The van der Waals surface area contributed by atoms with Crippen molar-refractivity contribution in [2.24, 2.45) is 0 Å². The molecule has 0 aromatic heterocycles. The van der Waals surface area contributed by atoms with Crippen molar-refractivity contribution in [2.75, 3.05) is 0 Å². The minimum atomic E-state index is -0.548. The maximum atomic E-state index is 11.9. The average molecular weight is 196 g/mol. The Balaban J connectivity index is 1.71. The molecule has 3 fully saturated rings. The highest BCUT2D eigenvalue weighted by Crippen LogP contribution is 2.62. The van der Waals surface area contributed by atoms with E-state index >= 15 is 0 Å². The summed E-state index contributed by atoms with van der Waals surface area (Å²) in [5.74, 6) is -0.0952. The van der Waals surface area contributed by atoms with Gasteiger partial charge < -0.3 is 9.47 Å². The van der Waals surface area contributed by atoms with Crippen LogP contribution < -0.4 is 0 Å². The molecule has 1 atom stereocenters. The molecule has 0 aromatic carbocycles. The SMILES string of the molecule is CCC1(C(=O)OC2CC2)OC12CCC2. The van der Waals surface area contributed by atoms with Crippen LogP contribution in [0, 0.1) is 0 Å². The number of ether oxygens (including phenoxy) is 2. The van der Waals surface area contributed by atoms with Crippen LogP contribution in [0.2, 0.25) is 0 Å². The highest BCUT2D eigenvalue weighted by Gasteiger charge is 2.76. The van der Waals surface area contributed by atoms with Crippen LogP contribution in [-0.2, 0) is 14.3 Å². The molecule has 0 amide bonds. The molecule has 1 unspecified atom stereocenters. The number of epoxide rings is 1. The lowest BCUT2D eigenvalue weighted by molar-refractivity contribution is -0.151. The summed E-state index contributed by atoms with van der Waals surface area (Å²) in [5.41, 5.74) is -0.651. The lowest BCUT2D eigenvalue weighted by atomic mass is 9.74. The van der Waals surface area contributed by atoms with Crippen LogP contribution >= 0.6 is 0 Å². The fourth-order valence-corrected chi connectivity index (χ4v) is 2.51. The highest BCUT2D eigenvalue weighted by molar-refractivity contribution is 5.85. The van der Waals surface area contributed by atoms with E-state index in [0.717, 1.165) is 32.1 Å². The van der Waals surface area contributed by atoms with E-state index in [9.17, 15) is 4.79 Å². The summed E-state index contributed by atoms with van der Waals surface area (Å²) < 4.78 is 11.0. The molecule has 1 heterocycles. The first-order valence-corrected chi connectivity index (χ1v) is 5.64. The van der Waals surface area contributed by atoms with Crippen LogP contribution in [0.25, 0.3) is 0 Å². The Bertz CT molecular complexity index is 278. The van der Waals surface area contributed by atoms with E-state index in [1.54, 1.807) is 0 Å². The zero-order valence-corrected chi connectivity index (χ0v) is 8.54. The Morgan fingerprint density at radius 3 is 2.57 bits per heavy atom. The monoisotopic (exact) mass is 196 g/mol. The molecule has 3 rings (SSSR count). The van der Waals surface area contributed by atoms with E-state index in [-0.39, 0.29) is 17.7 Å². The molecule has 14 heavy (non-hydrogen) atoms. The Morgan fingerprint density at radius 1 is 1.50 bits per heavy atom. The summed E-state index contributed by atoms with van der Waals surface area (Å²) in [6, 6.07) is 0. The summed E-state index contributed by atoms with van der Waals surface area (Å²) in [4.78, 5) is 11.9. The van der Waals surface area contributed by atoms with Crippen LogP contribution in [0.15, 0.2) is 0 Å². The molecular weight excluding hydrogens is 180 g/mol. The number of hydrogen-bond donors (Lipinski definition) is 0. The molecule has 1 spiro atoms. The Morgan fingerprint density at radius 2 is 2.21 bits per heavy atom. The normalized spacial score (nSPS) is 37.8. The summed E-state index contributed by atoms with van der Waals surface area (Å²) in [6.45, 7) is 2.02. The maximum absolute atomic E-state index is 11.9. The van der Waals surface area contributed by atoms with E-state index in [4.69, 9.17) is 9.47 Å². The molecule has 1 saturated heterocycles. The maximum Gasteiger partial charge on any atom is 0.341 e. The third-order valence-corrected chi connectivity index (χ3v) is 3.85. The van der Waals surface area contributed by atoms with Crippen molar-refractivity contribution in [3.63, 3.8) is 0 Å². The van der Waals surface area contributed by atoms with Gasteiger partial charge in [0.05, 0.1) is 0 Å². The standard InChI is InChI=1S/C11H16O3/c1-2-11(9(12)13-8-4-5-8)10(14-11)6-3-7-10/h8H,2-7H2,1H3. The second-order valence-electron chi connectivity index (χ2n) is 4.74. The Labute approximate surface area is 83.8 Å². The first-order chi connectivity index (χ1) is 6.72. The average Bonchev–Trinajstić information content (AvgIpc) is 2.95. The van der Waals surface area contributed by atoms with Crippen molar-refractivity contribution in [1.29, 1.82) is 0 Å². The number of hydrogen-bond acceptors (Lipinski definition) is 3. The zero-order chi connectivity index (χ0) is 9.81. The fraction of sp³-hybridized carbons (Fsp3) is 0.909. The van der Waals surface area contributed by atoms with E-state index in [0.29, 0.717) is 0 Å². The van der Waals surface area contributed by atoms with E-state index in [1.807, 2.05) is 6.92 Å². The number of rotatable bonds is 3. The third-order valence-electron chi connectivity index (χ3n) is 3.85. The van der Waals surface area contributed by atoms with Gasteiger partial charge in [-0.2, -0.15) is 0 Å². The molecule has 3 nitrogen and oxygen atoms in total. The van der Waals surface area contributed by atoms with Crippen molar-refractivity contribution < 1.29 is 14.3 Å². The van der Waals surface area contributed by atoms with E-state index in [2.05, 4.69) is 0 Å². The number of carbonyl (C=O) groups is 1. The molecule has 2 saturated carbocycles. The van der Waals surface area contributed by atoms with Gasteiger partial charge in [-0.1, -0.05) is 6.92 Å². The molecular formula is C11H16O3. The summed E-state index contributed by atoms with van der Waals surface area (Å²) in [7, 11) is 0. The molecule has 78 valence electrons. The first-order valence-electron chi connectivity index (χ1n) is 5.64. The molecule has 0 radical (unpaired) electrons. The molecule has 3 heteroatoms. The summed E-state index contributed by atoms with van der Waals surface area (Å²) in [6.07, 6.45) is 6.32. The van der Waals surface area contributed by atoms with Crippen LogP contribution in [0.4, 0.5) is 0 Å². The van der Waals surface area contributed by atoms with Gasteiger partial charge in [0.1, 0.15) is 11.7 Å². The zero-order valence-electron chi connectivity index (χ0n) is 8.54. The lowest BCUT2D eigenvalue weighted by Crippen LogP contribution is -2.39. The second-order valence-corrected chi connectivity index (χ2v) is 4.74. The topological polar surface area (TPSA) is 38.8 Å². The van der Waals surface area contributed by atoms with Gasteiger partial charge in [-0.3, -0.25) is 0 Å². The van der Waals surface area contributed by atoms with E-state index < -0.39 is 5.60 Å². The van der Waals surface area contributed by atoms with Gasteiger partial charge >= 0.3 is 5.97 Å². The van der Waals surface area contributed by atoms with Gasteiger partial charge in [0.25, 0.3) is 0 Å². The van der Waals surface area contributed by atoms with Gasteiger partial charge in [-0.25, -0.2) is 4.79 Å². The van der Waals surface area contributed by atoms with Crippen molar-refractivity contribution in [3.8, 4) is 0 Å². The van der Waals surface area contributed by atoms with Gasteiger partial charge in [0.2, 0.25) is 0 Å². The van der Waals surface area contributed by atoms with Gasteiger partial charge in [-0.05, 0) is 38.5 Å². The van der Waals surface area contributed by atoms with Gasteiger partial charge in [-0.15, -0.1) is 0 Å². The summed E-state index contributed by atoms with van der Waals surface area (Å²) in [5, 5.41) is 0. The largest absolute Gasteiger partial charge is 0.460 e. The minimum absolute atomic E-state index is 0.0952. The van der Waals surface area contributed by atoms with Gasteiger partial charge in [0.15, 0.2) is 5.60 Å². The minimum Gasteiger partial charge on any atom is -0.460 e. The fourth-order valence-electron chi connectivity index (χ4n) is 2.51. The number of carbonyl (C=O) groups excluding carboxylic acids is 1. The van der Waals surface area contributed by atoms with Crippen LogP contribution in [0.1, 0.15) is 45.4 Å². The lowest BCUT2D eigenvalue weighted by Gasteiger charge is -2.25. The summed E-state index contributed by atoms with van der Waals surface area (Å²) >= 11 is 0. The van der Waals surface area contributed by atoms with Crippen molar-refractivity contribution in [2.45, 2.75) is 62.8 Å². The highest BCUT2D eigenvalue weighted by atomic mass is 16.7. The van der Waals surface area contributed by atoms with Crippen LogP contribution in [0.3, 0.4) is 0 Å². The second kappa shape index (κ2) is 2.51. The molecule has 0 N–H and O–H groups in total. The van der Waals surface area contributed by atoms with Gasteiger partial charge in [0, 0.05) is 0 Å². The predicted octanol–water partition coefficient (Wildman–Crippen LogP) is 1.79. The quantitative estimate of drug-likeness (QED) is 0.510. The van der Waals surface area contributed by atoms with Crippen LogP contribution in [0.5, 0.6) is 0 Å². The molecule has 0 aromatic rings. The predicted molar refractivity (Wildman–Crippen MR) is 49.8 cm³/mol. The van der Waals surface area contributed by atoms with Crippen molar-refractivity contribution >= 4 is 5.97 Å². The third kappa shape index (κ3) is 0.937. The molecule has 3 aliphatic rings.